The van der Waals surface area contributed by atoms with E-state index < -0.39 is 0 Å². The molecule has 0 unspecified atom stereocenters. The summed E-state index contributed by atoms with van der Waals surface area (Å²) in [6.07, 6.45) is 3.31. The van der Waals surface area contributed by atoms with Gasteiger partial charge in [-0.05, 0) is 36.4 Å². The third-order valence-corrected chi connectivity index (χ3v) is 4.04. The van der Waals surface area contributed by atoms with Crippen LogP contribution in [0, 0.1) is 0 Å². The Balaban J connectivity index is 1.57. The van der Waals surface area contributed by atoms with Gasteiger partial charge in [-0.1, -0.05) is 18.2 Å². The molecular weight excluding hydrogens is 342 g/mol. The molecule has 0 saturated carbocycles. The van der Waals surface area contributed by atoms with Crippen LogP contribution in [0.5, 0.6) is 5.75 Å². The van der Waals surface area contributed by atoms with Gasteiger partial charge in [0.15, 0.2) is 5.65 Å². The fourth-order valence-corrected chi connectivity index (χ4v) is 2.72. The molecule has 0 aliphatic carbocycles. The Morgan fingerprint density at radius 3 is 2.56 bits per heavy atom. The second-order valence-corrected chi connectivity index (χ2v) is 5.84. The van der Waals surface area contributed by atoms with Crippen LogP contribution in [0.2, 0.25) is 0 Å². The number of aromatic nitrogens is 4. The minimum Gasteiger partial charge on any atom is -0.491 e. The van der Waals surface area contributed by atoms with Crippen molar-refractivity contribution < 1.29 is 9.47 Å². The number of para-hydroxylation sites is 1. The lowest BCUT2D eigenvalue weighted by Crippen LogP contribution is -2.04. The molecule has 0 aliphatic rings. The summed E-state index contributed by atoms with van der Waals surface area (Å²) in [6.45, 7) is 1.08. The van der Waals surface area contributed by atoms with Crippen LogP contribution in [0.25, 0.3) is 16.7 Å². The maximum Gasteiger partial charge on any atom is 0.168 e. The Morgan fingerprint density at radius 1 is 0.963 bits per heavy atom. The van der Waals surface area contributed by atoms with Crippen molar-refractivity contribution in [1.29, 1.82) is 0 Å². The molecule has 4 rings (SSSR count). The molecule has 0 saturated heterocycles. The predicted molar refractivity (Wildman–Crippen MR) is 104 cm³/mol. The number of ether oxygens (including phenoxy) is 2. The van der Waals surface area contributed by atoms with Crippen molar-refractivity contribution in [2.24, 2.45) is 0 Å². The van der Waals surface area contributed by atoms with Crippen LogP contribution in [0.1, 0.15) is 0 Å². The maximum atomic E-state index is 5.58. The van der Waals surface area contributed by atoms with E-state index in [0.29, 0.717) is 19.0 Å². The van der Waals surface area contributed by atoms with Crippen LogP contribution >= 0.6 is 0 Å². The summed E-state index contributed by atoms with van der Waals surface area (Å²) >= 11 is 0. The molecule has 2 aromatic heterocycles. The Morgan fingerprint density at radius 2 is 1.78 bits per heavy atom. The number of hydrogen-bond acceptors (Lipinski definition) is 6. The topological polar surface area (TPSA) is 74.1 Å². The molecule has 0 aliphatic heterocycles. The number of benzene rings is 2. The molecule has 27 heavy (non-hydrogen) atoms. The van der Waals surface area contributed by atoms with E-state index >= 15 is 0 Å². The zero-order chi connectivity index (χ0) is 18.5. The van der Waals surface area contributed by atoms with Crippen molar-refractivity contribution in [2.75, 3.05) is 25.6 Å². The Kier molecular flexibility index (Phi) is 4.93. The fourth-order valence-electron chi connectivity index (χ4n) is 2.72. The Bertz CT molecular complexity index is 1020. The highest BCUT2D eigenvalue weighted by Crippen LogP contribution is 2.25. The predicted octanol–water partition coefficient (Wildman–Crippen LogP) is 3.58. The van der Waals surface area contributed by atoms with E-state index in [2.05, 4.69) is 20.4 Å². The molecule has 0 radical (unpaired) electrons. The summed E-state index contributed by atoms with van der Waals surface area (Å²) in [4.78, 5) is 8.76. The first kappa shape index (κ1) is 17.0. The third-order valence-electron chi connectivity index (χ3n) is 4.04. The summed E-state index contributed by atoms with van der Waals surface area (Å²) in [6, 6.07) is 17.6. The quantitative estimate of drug-likeness (QED) is 0.507. The van der Waals surface area contributed by atoms with Crippen LogP contribution < -0.4 is 10.1 Å². The Labute approximate surface area is 156 Å². The van der Waals surface area contributed by atoms with Crippen LogP contribution in [-0.4, -0.2) is 40.1 Å². The minimum absolute atomic E-state index is 0.522. The largest absolute Gasteiger partial charge is 0.491 e. The summed E-state index contributed by atoms with van der Waals surface area (Å²) in [5, 5.41) is 8.64. The van der Waals surface area contributed by atoms with E-state index in [0.717, 1.165) is 28.2 Å². The van der Waals surface area contributed by atoms with Crippen LogP contribution in [0.4, 0.5) is 11.5 Å². The molecule has 0 bridgehead atoms. The molecule has 7 nitrogen and oxygen atoms in total. The number of nitrogens with zero attached hydrogens (tertiary/aromatic N) is 4. The monoisotopic (exact) mass is 361 g/mol. The van der Waals surface area contributed by atoms with Gasteiger partial charge in [0, 0.05) is 12.8 Å². The molecular formula is C20H19N5O2. The first-order valence-corrected chi connectivity index (χ1v) is 8.58. The first-order valence-electron chi connectivity index (χ1n) is 8.58. The lowest BCUT2D eigenvalue weighted by molar-refractivity contribution is 0.146. The van der Waals surface area contributed by atoms with Crippen LogP contribution in [0.15, 0.2) is 67.1 Å². The number of fused-ring (bicyclic) bond motifs is 1. The fraction of sp³-hybridized carbons (Fsp3) is 0.150. The van der Waals surface area contributed by atoms with Crippen LogP contribution in [0.3, 0.4) is 0 Å². The van der Waals surface area contributed by atoms with Gasteiger partial charge in [0.2, 0.25) is 0 Å². The summed E-state index contributed by atoms with van der Waals surface area (Å²) in [7, 11) is 1.65. The van der Waals surface area contributed by atoms with E-state index in [4.69, 9.17) is 9.47 Å². The van der Waals surface area contributed by atoms with Crippen LogP contribution in [-0.2, 0) is 4.74 Å². The second-order valence-electron chi connectivity index (χ2n) is 5.84. The van der Waals surface area contributed by atoms with Gasteiger partial charge < -0.3 is 14.8 Å². The number of rotatable bonds is 7. The molecule has 4 aromatic rings. The normalized spacial score (nSPS) is 10.9. The number of hydrogen-bond donors (Lipinski definition) is 1. The summed E-state index contributed by atoms with van der Waals surface area (Å²) < 4.78 is 12.4. The molecule has 0 fully saturated rings. The highest BCUT2D eigenvalue weighted by Gasteiger charge is 2.11. The molecule has 1 N–H and O–H groups in total. The van der Waals surface area contributed by atoms with Gasteiger partial charge in [0.25, 0.3) is 0 Å². The van der Waals surface area contributed by atoms with Gasteiger partial charge in [0.05, 0.1) is 23.9 Å². The highest BCUT2D eigenvalue weighted by atomic mass is 16.5. The average Bonchev–Trinajstić information content (AvgIpc) is 3.15. The molecule has 136 valence electrons. The van der Waals surface area contributed by atoms with Crippen molar-refractivity contribution in [3.8, 4) is 11.4 Å². The average molecular weight is 361 g/mol. The van der Waals surface area contributed by atoms with Gasteiger partial charge in [0.1, 0.15) is 24.5 Å². The van der Waals surface area contributed by atoms with E-state index in [-0.39, 0.29) is 0 Å². The molecule has 0 amide bonds. The molecule has 2 aromatic carbocycles. The van der Waals surface area contributed by atoms with Gasteiger partial charge in [-0.2, -0.15) is 5.10 Å². The maximum absolute atomic E-state index is 5.58. The lowest BCUT2D eigenvalue weighted by atomic mass is 10.3. The second kappa shape index (κ2) is 7.84. The standard InChI is InChI=1S/C20H19N5O2/c1-26-11-12-27-17-9-7-15(8-10-17)24-19-18-13-23-25(20(18)22-14-21-19)16-5-3-2-4-6-16/h2-10,13-14H,11-12H2,1H3,(H,21,22,24). The highest BCUT2D eigenvalue weighted by molar-refractivity contribution is 5.89. The molecule has 0 atom stereocenters. The van der Waals surface area contributed by atoms with Gasteiger partial charge in [-0.15, -0.1) is 0 Å². The molecule has 7 heteroatoms. The van der Waals surface area contributed by atoms with Crippen molar-refractivity contribution in [3.05, 3.63) is 67.1 Å². The summed E-state index contributed by atoms with van der Waals surface area (Å²) in [5.41, 5.74) is 2.61. The lowest BCUT2D eigenvalue weighted by Gasteiger charge is -2.09. The van der Waals surface area contributed by atoms with E-state index in [9.17, 15) is 0 Å². The summed E-state index contributed by atoms with van der Waals surface area (Å²) in [5.74, 6) is 1.50. The van der Waals surface area contributed by atoms with Gasteiger partial charge >= 0.3 is 0 Å². The third kappa shape index (κ3) is 3.73. The zero-order valence-electron chi connectivity index (χ0n) is 14.9. The first-order chi connectivity index (χ1) is 13.3. The number of methoxy groups -OCH3 is 1. The SMILES string of the molecule is COCCOc1ccc(Nc2ncnc3c2cnn3-c2ccccc2)cc1. The van der Waals surface area contributed by atoms with Gasteiger partial charge in [-0.25, -0.2) is 14.6 Å². The van der Waals surface area contributed by atoms with Crippen molar-refractivity contribution in [3.63, 3.8) is 0 Å². The van der Waals surface area contributed by atoms with E-state index in [1.54, 1.807) is 18.0 Å². The number of nitrogens with one attached hydrogen (secondary N) is 1. The minimum atomic E-state index is 0.522. The zero-order valence-corrected chi connectivity index (χ0v) is 14.9. The smallest absolute Gasteiger partial charge is 0.168 e. The van der Waals surface area contributed by atoms with Crippen molar-refractivity contribution in [1.82, 2.24) is 19.7 Å². The van der Waals surface area contributed by atoms with Crippen molar-refractivity contribution >= 4 is 22.5 Å². The van der Waals surface area contributed by atoms with Crippen molar-refractivity contribution in [2.45, 2.75) is 0 Å². The number of anilines is 2. The molecule has 2 heterocycles. The molecule has 0 spiro atoms. The van der Waals surface area contributed by atoms with E-state index in [1.807, 2.05) is 54.6 Å². The van der Waals surface area contributed by atoms with Gasteiger partial charge in [-0.3, -0.25) is 0 Å². The Hall–Kier alpha value is -3.45. The van der Waals surface area contributed by atoms with E-state index in [1.165, 1.54) is 6.33 Å².